The van der Waals surface area contributed by atoms with Crippen molar-refractivity contribution in [2.24, 2.45) is 0 Å². The molecule has 6 aromatic rings. The van der Waals surface area contributed by atoms with Crippen LogP contribution in [-0.4, -0.2) is 0 Å². The maximum Gasteiger partial charge on any atom is 0.0458 e. The molecule has 1 heteroatoms. The standard InChI is InChI=1S/C44H39N/c1-32(36-14-7-5-8-15-36)19-21-35(4)45(41-27-23-38(24-28-41)37-16-9-6-10-17-37)42-29-25-39(26-30-42)40-22-20-34(3)44(31-40)43-18-12-11-13-33(43)2/h5-31H,1-4H3/b32-19+,35-21+. The van der Waals surface area contributed by atoms with Gasteiger partial charge in [0.05, 0.1) is 0 Å². The van der Waals surface area contributed by atoms with Crippen LogP contribution >= 0.6 is 0 Å². The fourth-order valence-corrected chi connectivity index (χ4v) is 5.88. The second-order valence-electron chi connectivity index (χ2n) is 11.7. The summed E-state index contributed by atoms with van der Waals surface area (Å²) in [4.78, 5) is 2.33. The monoisotopic (exact) mass is 581 g/mol. The van der Waals surface area contributed by atoms with Crippen LogP contribution in [0.4, 0.5) is 11.4 Å². The summed E-state index contributed by atoms with van der Waals surface area (Å²) in [6.45, 7) is 8.73. The molecular formula is C44H39N. The number of anilines is 2. The molecular weight excluding hydrogens is 542 g/mol. The van der Waals surface area contributed by atoms with Crippen LogP contribution in [0.15, 0.2) is 170 Å². The Hall–Kier alpha value is -5.40. The molecule has 0 saturated heterocycles. The Morgan fingerprint density at radius 1 is 0.444 bits per heavy atom. The minimum Gasteiger partial charge on any atom is -0.315 e. The highest BCUT2D eigenvalue weighted by molar-refractivity contribution is 5.79. The Bertz CT molecular complexity index is 1950. The number of rotatable bonds is 8. The van der Waals surface area contributed by atoms with E-state index in [-0.39, 0.29) is 0 Å². The van der Waals surface area contributed by atoms with Crippen LogP contribution in [-0.2, 0) is 0 Å². The molecule has 1 nitrogen and oxygen atoms in total. The van der Waals surface area contributed by atoms with Crippen LogP contribution in [0.3, 0.4) is 0 Å². The summed E-state index contributed by atoms with van der Waals surface area (Å²) in [5, 5.41) is 0. The highest BCUT2D eigenvalue weighted by atomic mass is 15.1. The zero-order valence-corrected chi connectivity index (χ0v) is 26.5. The molecule has 0 saturated carbocycles. The lowest BCUT2D eigenvalue weighted by atomic mass is 9.93. The van der Waals surface area contributed by atoms with Crippen LogP contribution in [0.2, 0.25) is 0 Å². The van der Waals surface area contributed by atoms with Gasteiger partial charge in [-0.25, -0.2) is 0 Å². The summed E-state index contributed by atoms with van der Waals surface area (Å²) < 4.78 is 0. The summed E-state index contributed by atoms with van der Waals surface area (Å²) in [5.74, 6) is 0. The Kier molecular flexibility index (Phi) is 8.89. The van der Waals surface area contributed by atoms with Gasteiger partial charge in [0.25, 0.3) is 0 Å². The van der Waals surface area contributed by atoms with Crippen molar-refractivity contribution in [3.8, 4) is 33.4 Å². The van der Waals surface area contributed by atoms with Gasteiger partial charge in [0, 0.05) is 17.1 Å². The second-order valence-corrected chi connectivity index (χ2v) is 11.7. The van der Waals surface area contributed by atoms with Gasteiger partial charge in [-0.05, 0) is 120 Å². The van der Waals surface area contributed by atoms with Crippen LogP contribution in [0.1, 0.15) is 30.5 Å². The van der Waals surface area contributed by atoms with Crippen LogP contribution in [0.25, 0.3) is 39.0 Å². The van der Waals surface area contributed by atoms with Gasteiger partial charge in [0.15, 0.2) is 0 Å². The van der Waals surface area contributed by atoms with E-state index in [2.05, 4.69) is 196 Å². The van der Waals surface area contributed by atoms with Crippen LogP contribution in [0, 0.1) is 13.8 Å². The first kappa shape index (κ1) is 29.7. The van der Waals surface area contributed by atoms with E-state index >= 15 is 0 Å². The molecule has 0 radical (unpaired) electrons. The third-order valence-electron chi connectivity index (χ3n) is 8.52. The highest BCUT2D eigenvalue weighted by Crippen LogP contribution is 2.35. The Morgan fingerprint density at radius 3 is 1.56 bits per heavy atom. The van der Waals surface area contributed by atoms with E-state index in [4.69, 9.17) is 0 Å². The SMILES string of the molecule is C/C(=C\C=C(/C)N(c1ccc(-c2ccccc2)cc1)c1ccc(-c2ccc(C)c(-c3ccccc3C)c2)cc1)c1ccccc1. The lowest BCUT2D eigenvalue weighted by molar-refractivity contribution is 1.16. The summed E-state index contributed by atoms with van der Waals surface area (Å²) >= 11 is 0. The van der Waals surface area contributed by atoms with Gasteiger partial charge in [-0.15, -0.1) is 0 Å². The first-order chi connectivity index (χ1) is 22.0. The zero-order valence-electron chi connectivity index (χ0n) is 26.5. The average molecular weight is 582 g/mol. The fraction of sp³-hybridized carbons (Fsp3) is 0.0909. The smallest absolute Gasteiger partial charge is 0.0458 e. The van der Waals surface area contributed by atoms with Crippen molar-refractivity contribution < 1.29 is 0 Å². The molecule has 0 atom stereocenters. The zero-order chi connectivity index (χ0) is 31.2. The molecule has 0 unspecified atom stereocenters. The molecule has 0 aliphatic heterocycles. The molecule has 0 aliphatic carbocycles. The van der Waals surface area contributed by atoms with Crippen molar-refractivity contribution in [1.29, 1.82) is 0 Å². The first-order valence-corrected chi connectivity index (χ1v) is 15.6. The molecule has 0 aromatic heterocycles. The number of benzene rings is 6. The maximum atomic E-state index is 2.33. The van der Waals surface area contributed by atoms with Crippen molar-refractivity contribution in [3.63, 3.8) is 0 Å². The van der Waals surface area contributed by atoms with Crippen LogP contribution in [0.5, 0.6) is 0 Å². The minimum absolute atomic E-state index is 1.12. The topological polar surface area (TPSA) is 3.24 Å². The molecule has 0 bridgehead atoms. The van der Waals surface area contributed by atoms with Gasteiger partial charge in [-0.3, -0.25) is 0 Å². The number of hydrogen-bond donors (Lipinski definition) is 0. The van der Waals surface area contributed by atoms with Gasteiger partial charge < -0.3 is 4.90 Å². The molecule has 0 aliphatic rings. The maximum absolute atomic E-state index is 2.33. The quantitative estimate of drug-likeness (QED) is 0.162. The second kappa shape index (κ2) is 13.5. The van der Waals surface area contributed by atoms with Crippen molar-refractivity contribution in [1.82, 2.24) is 0 Å². The molecule has 6 rings (SSSR count). The van der Waals surface area contributed by atoms with Crippen molar-refractivity contribution in [3.05, 3.63) is 186 Å². The molecule has 45 heavy (non-hydrogen) atoms. The normalized spacial score (nSPS) is 11.8. The third-order valence-corrected chi connectivity index (χ3v) is 8.52. The summed E-state index contributed by atoms with van der Waals surface area (Å²) in [7, 11) is 0. The lowest BCUT2D eigenvalue weighted by Crippen LogP contribution is -2.14. The lowest BCUT2D eigenvalue weighted by Gasteiger charge is -2.26. The van der Waals surface area contributed by atoms with E-state index in [1.165, 1.54) is 55.6 Å². The number of hydrogen-bond acceptors (Lipinski definition) is 1. The van der Waals surface area contributed by atoms with Crippen molar-refractivity contribution >= 4 is 16.9 Å². The van der Waals surface area contributed by atoms with Crippen molar-refractivity contribution in [2.45, 2.75) is 27.7 Å². The van der Waals surface area contributed by atoms with Gasteiger partial charge in [-0.1, -0.05) is 127 Å². The Morgan fingerprint density at radius 2 is 0.933 bits per heavy atom. The number of aryl methyl sites for hydroxylation is 2. The molecule has 0 spiro atoms. The van der Waals surface area contributed by atoms with E-state index in [0.717, 1.165) is 17.1 Å². The molecule has 220 valence electrons. The molecule has 6 aromatic carbocycles. The van der Waals surface area contributed by atoms with E-state index in [9.17, 15) is 0 Å². The van der Waals surface area contributed by atoms with E-state index in [1.807, 2.05) is 0 Å². The van der Waals surface area contributed by atoms with E-state index in [1.54, 1.807) is 0 Å². The van der Waals surface area contributed by atoms with Gasteiger partial charge in [0.1, 0.15) is 0 Å². The minimum atomic E-state index is 1.12. The van der Waals surface area contributed by atoms with Crippen molar-refractivity contribution in [2.75, 3.05) is 4.90 Å². The molecule has 0 heterocycles. The third kappa shape index (κ3) is 6.74. The van der Waals surface area contributed by atoms with Gasteiger partial charge in [-0.2, -0.15) is 0 Å². The van der Waals surface area contributed by atoms with Crippen LogP contribution < -0.4 is 4.90 Å². The molecule has 0 amide bonds. The Labute approximate surface area is 268 Å². The summed E-state index contributed by atoms with van der Waals surface area (Å²) in [6.07, 6.45) is 4.43. The van der Waals surface area contributed by atoms with Gasteiger partial charge >= 0.3 is 0 Å². The highest BCUT2D eigenvalue weighted by Gasteiger charge is 2.13. The predicted molar refractivity (Wildman–Crippen MR) is 195 cm³/mol. The van der Waals surface area contributed by atoms with E-state index in [0.29, 0.717) is 0 Å². The summed E-state index contributed by atoms with van der Waals surface area (Å²) in [5.41, 5.74) is 15.9. The molecule has 0 fully saturated rings. The fourth-order valence-electron chi connectivity index (χ4n) is 5.88. The number of allylic oxidation sites excluding steroid dienone is 4. The van der Waals surface area contributed by atoms with E-state index < -0.39 is 0 Å². The average Bonchev–Trinajstić information content (AvgIpc) is 3.09. The first-order valence-electron chi connectivity index (χ1n) is 15.6. The van der Waals surface area contributed by atoms with Gasteiger partial charge in [0.2, 0.25) is 0 Å². The largest absolute Gasteiger partial charge is 0.315 e. The number of nitrogens with zero attached hydrogens (tertiary/aromatic N) is 1. The summed E-state index contributed by atoms with van der Waals surface area (Å²) in [6, 6.07) is 54.3. The predicted octanol–water partition coefficient (Wildman–Crippen LogP) is 12.4. The molecule has 0 N–H and O–H groups in total. The Balaban J connectivity index is 1.36.